The van der Waals surface area contributed by atoms with E-state index in [2.05, 4.69) is 39.8 Å². The molecule has 1 saturated heterocycles. The molecule has 1 aromatic carbocycles. The largest absolute Gasteiger partial charge is 0.379 e. The number of benzene rings is 1. The third-order valence-corrected chi connectivity index (χ3v) is 4.69. The Morgan fingerprint density at radius 1 is 1.18 bits per heavy atom. The van der Waals surface area contributed by atoms with Crippen LogP contribution in [0.5, 0.6) is 0 Å². The van der Waals surface area contributed by atoms with Gasteiger partial charge in [0.1, 0.15) is 0 Å². The summed E-state index contributed by atoms with van der Waals surface area (Å²) in [6.45, 7) is 5.91. The molecule has 1 heterocycles. The molecule has 22 heavy (non-hydrogen) atoms. The lowest BCUT2D eigenvalue weighted by molar-refractivity contribution is 0.0376. The van der Waals surface area contributed by atoms with E-state index in [0.717, 1.165) is 63.8 Å². The van der Waals surface area contributed by atoms with Crippen molar-refractivity contribution in [3.05, 3.63) is 35.4 Å². The first-order valence-corrected chi connectivity index (χ1v) is 8.63. The van der Waals surface area contributed by atoms with Gasteiger partial charge in [-0.15, -0.1) is 0 Å². The van der Waals surface area contributed by atoms with Gasteiger partial charge in [0.25, 0.3) is 0 Å². The zero-order chi connectivity index (χ0) is 15.2. The molecule has 0 saturated carbocycles. The number of nitrogens with one attached hydrogen (secondary N) is 2. The minimum atomic E-state index is 0.441. The second-order valence-corrected chi connectivity index (χ2v) is 6.49. The van der Waals surface area contributed by atoms with E-state index >= 15 is 0 Å². The van der Waals surface area contributed by atoms with Crippen LogP contribution in [-0.4, -0.2) is 55.4 Å². The Kier molecular flexibility index (Phi) is 5.64. The fourth-order valence-electron chi connectivity index (χ4n) is 3.23. The number of thiocarbonyl (C=S) groups is 1. The zero-order valence-electron chi connectivity index (χ0n) is 13.0. The SMILES string of the molecule is S=C(NCCCN1CCOCC1)NC1Cc2ccccc2C1. The summed E-state index contributed by atoms with van der Waals surface area (Å²) in [5, 5.41) is 7.58. The highest BCUT2D eigenvalue weighted by atomic mass is 32.1. The van der Waals surface area contributed by atoms with E-state index in [4.69, 9.17) is 17.0 Å². The maximum Gasteiger partial charge on any atom is 0.166 e. The molecular formula is C17H25N3OS. The highest BCUT2D eigenvalue weighted by molar-refractivity contribution is 7.80. The summed E-state index contributed by atoms with van der Waals surface area (Å²) in [5.74, 6) is 0. The molecule has 5 heteroatoms. The van der Waals surface area contributed by atoms with Gasteiger partial charge in [-0.05, 0) is 49.2 Å². The van der Waals surface area contributed by atoms with Gasteiger partial charge in [0, 0.05) is 25.7 Å². The van der Waals surface area contributed by atoms with E-state index in [1.54, 1.807) is 0 Å². The van der Waals surface area contributed by atoms with Crippen molar-refractivity contribution < 1.29 is 4.74 Å². The van der Waals surface area contributed by atoms with Crippen LogP contribution in [0.1, 0.15) is 17.5 Å². The lowest BCUT2D eigenvalue weighted by atomic mass is 10.1. The van der Waals surface area contributed by atoms with Crippen molar-refractivity contribution in [3.8, 4) is 0 Å². The van der Waals surface area contributed by atoms with E-state index in [-0.39, 0.29) is 0 Å². The van der Waals surface area contributed by atoms with Crippen LogP contribution in [0.15, 0.2) is 24.3 Å². The Balaban J connectivity index is 1.30. The van der Waals surface area contributed by atoms with Gasteiger partial charge >= 0.3 is 0 Å². The third kappa shape index (κ3) is 4.41. The van der Waals surface area contributed by atoms with Crippen LogP contribution in [-0.2, 0) is 17.6 Å². The summed E-state index contributed by atoms with van der Waals surface area (Å²) >= 11 is 5.42. The summed E-state index contributed by atoms with van der Waals surface area (Å²) in [7, 11) is 0. The highest BCUT2D eigenvalue weighted by Crippen LogP contribution is 2.21. The second kappa shape index (κ2) is 7.90. The minimum Gasteiger partial charge on any atom is -0.379 e. The maximum atomic E-state index is 5.42. The molecule has 1 aliphatic heterocycles. The normalized spacial score (nSPS) is 18.9. The van der Waals surface area contributed by atoms with Crippen molar-refractivity contribution in [1.29, 1.82) is 0 Å². The molecule has 1 fully saturated rings. The predicted molar refractivity (Wildman–Crippen MR) is 93.3 cm³/mol. The van der Waals surface area contributed by atoms with Crippen molar-refractivity contribution in [1.82, 2.24) is 15.5 Å². The highest BCUT2D eigenvalue weighted by Gasteiger charge is 2.21. The molecule has 0 amide bonds. The summed E-state index contributed by atoms with van der Waals surface area (Å²) in [6.07, 6.45) is 3.27. The molecule has 4 nitrogen and oxygen atoms in total. The van der Waals surface area contributed by atoms with Gasteiger partial charge in [-0.3, -0.25) is 4.90 Å². The molecule has 0 aromatic heterocycles. The van der Waals surface area contributed by atoms with E-state index in [9.17, 15) is 0 Å². The molecule has 2 aliphatic rings. The molecule has 0 atom stereocenters. The number of morpholine rings is 1. The molecule has 0 bridgehead atoms. The molecule has 1 aliphatic carbocycles. The fraction of sp³-hybridized carbons (Fsp3) is 0.588. The molecule has 0 radical (unpaired) electrons. The van der Waals surface area contributed by atoms with Gasteiger partial charge in [0.2, 0.25) is 0 Å². The number of rotatable bonds is 5. The Hall–Kier alpha value is -1.17. The van der Waals surface area contributed by atoms with Crippen molar-refractivity contribution in [2.45, 2.75) is 25.3 Å². The van der Waals surface area contributed by atoms with E-state index in [1.165, 1.54) is 11.1 Å². The molecule has 1 aromatic rings. The van der Waals surface area contributed by atoms with Crippen LogP contribution in [0, 0.1) is 0 Å². The van der Waals surface area contributed by atoms with Crippen molar-refractivity contribution >= 4 is 17.3 Å². The number of fused-ring (bicyclic) bond motifs is 1. The molecule has 120 valence electrons. The quantitative estimate of drug-likeness (QED) is 0.633. The number of hydrogen-bond donors (Lipinski definition) is 2. The zero-order valence-corrected chi connectivity index (χ0v) is 13.8. The minimum absolute atomic E-state index is 0.441. The molecule has 3 rings (SSSR count). The van der Waals surface area contributed by atoms with Crippen LogP contribution < -0.4 is 10.6 Å². The van der Waals surface area contributed by atoms with Crippen molar-refractivity contribution in [2.24, 2.45) is 0 Å². The predicted octanol–water partition coefficient (Wildman–Crippen LogP) is 1.34. The summed E-state index contributed by atoms with van der Waals surface area (Å²) in [5.41, 5.74) is 2.91. The van der Waals surface area contributed by atoms with Crippen LogP contribution in [0.4, 0.5) is 0 Å². The summed E-state index contributed by atoms with van der Waals surface area (Å²) in [6, 6.07) is 9.11. The van der Waals surface area contributed by atoms with Gasteiger partial charge in [0.05, 0.1) is 13.2 Å². The Labute approximate surface area is 138 Å². The van der Waals surface area contributed by atoms with E-state index in [0.29, 0.717) is 6.04 Å². The molecule has 0 unspecified atom stereocenters. The topological polar surface area (TPSA) is 36.5 Å². The lowest BCUT2D eigenvalue weighted by Gasteiger charge is -2.26. The number of ether oxygens (including phenoxy) is 1. The van der Waals surface area contributed by atoms with Crippen molar-refractivity contribution in [2.75, 3.05) is 39.4 Å². The first-order valence-electron chi connectivity index (χ1n) is 8.22. The average molecular weight is 319 g/mol. The fourth-order valence-corrected chi connectivity index (χ4v) is 3.50. The van der Waals surface area contributed by atoms with E-state index in [1.807, 2.05) is 0 Å². The van der Waals surface area contributed by atoms with Gasteiger partial charge in [-0.1, -0.05) is 24.3 Å². The number of nitrogens with zero attached hydrogens (tertiary/aromatic N) is 1. The average Bonchev–Trinajstić information content (AvgIpc) is 2.94. The first kappa shape index (κ1) is 15.7. The maximum absolute atomic E-state index is 5.42. The standard InChI is InChI=1S/C17H25N3OS/c22-17(18-6-3-7-20-8-10-21-11-9-20)19-16-12-14-4-1-2-5-15(14)13-16/h1-2,4-5,16H,3,6-13H2,(H2,18,19,22). The summed E-state index contributed by atoms with van der Waals surface area (Å²) in [4.78, 5) is 2.45. The number of hydrogen-bond acceptors (Lipinski definition) is 3. The Bertz CT molecular complexity index is 477. The van der Waals surface area contributed by atoms with Gasteiger partial charge in [0.15, 0.2) is 5.11 Å². The van der Waals surface area contributed by atoms with Gasteiger partial charge in [-0.2, -0.15) is 0 Å². The monoisotopic (exact) mass is 319 g/mol. The Morgan fingerprint density at radius 2 is 1.86 bits per heavy atom. The van der Waals surface area contributed by atoms with Gasteiger partial charge < -0.3 is 15.4 Å². The van der Waals surface area contributed by atoms with Crippen LogP contribution in [0.2, 0.25) is 0 Å². The third-order valence-electron chi connectivity index (χ3n) is 4.43. The van der Waals surface area contributed by atoms with Crippen LogP contribution >= 0.6 is 12.2 Å². The van der Waals surface area contributed by atoms with Crippen molar-refractivity contribution in [3.63, 3.8) is 0 Å². The molecule has 0 spiro atoms. The van der Waals surface area contributed by atoms with E-state index < -0.39 is 0 Å². The molecular weight excluding hydrogens is 294 g/mol. The smallest absolute Gasteiger partial charge is 0.166 e. The first-order chi connectivity index (χ1) is 10.8. The van der Waals surface area contributed by atoms with Crippen LogP contribution in [0.25, 0.3) is 0 Å². The van der Waals surface area contributed by atoms with Gasteiger partial charge in [-0.25, -0.2) is 0 Å². The Morgan fingerprint density at radius 3 is 2.55 bits per heavy atom. The second-order valence-electron chi connectivity index (χ2n) is 6.08. The lowest BCUT2D eigenvalue weighted by Crippen LogP contribution is -2.43. The van der Waals surface area contributed by atoms with Crippen LogP contribution in [0.3, 0.4) is 0 Å². The summed E-state index contributed by atoms with van der Waals surface area (Å²) < 4.78 is 5.36. The molecule has 2 N–H and O–H groups in total.